The SMILES string of the molecule is O=C1c2c(ccc(Oc3ccc[n+]([O-])c3)c2C(F)F)C(F)(F)C1(F)F. The molecular formula is C15H7F6NO3. The predicted molar refractivity (Wildman–Crippen MR) is 70.0 cm³/mol. The van der Waals surface area contributed by atoms with Crippen molar-refractivity contribution in [3.05, 3.63) is 58.6 Å². The Morgan fingerprint density at radius 1 is 1.08 bits per heavy atom. The number of hydrogen-bond donors (Lipinski definition) is 0. The molecule has 1 heterocycles. The molecule has 0 amide bonds. The number of hydrogen-bond acceptors (Lipinski definition) is 3. The van der Waals surface area contributed by atoms with Crippen molar-refractivity contribution >= 4 is 5.78 Å². The molecule has 0 fully saturated rings. The van der Waals surface area contributed by atoms with E-state index in [2.05, 4.69) is 0 Å². The lowest BCUT2D eigenvalue weighted by Crippen LogP contribution is -2.38. The van der Waals surface area contributed by atoms with Gasteiger partial charge in [-0.05, 0) is 18.2 Å². The molecule has 1 aliphatic rings. The topological polar surface area (TPSA) is 53.2 Å². The minimum Gasteiger partial charge on any atom is -0.619 e. The van der Waals surface area contributed by atoms with E-state index in [9.17, 15) is 36.3 Å². The maximum atomic E-state index is 13.7. The molecule has 0 saturated carbocycles. The van der Waals surface area contributed by atoms with Gasteiger partial charge in [-0.15, -0.1) is 0 Å². The third-order valence-electron chi connectivity index (χ3n) is 3.64. The van der Waals surface area contributed by atoms with E-state index in [0.717, 1.165) is 12.4 Å². The molecule has 1 aliphatic carbocycles. The highest BCUT2D eigenvalue weighted by molar-refractivity contribution is 6.08. The highest BCUT2D eigenvalue weighted by Crippen LogP contribution is 2.55. The van der Waals surface area contributed by atoms with E-state index in [1.165, 1.54) is 12.1 Å². The van der Waals surface area contributed by atoms with Gasteiger partial charge < -0.3 is 9.94 Å². The number of ether oxygens (including phenoxy) is 1. The number of carbonyl (C=O) groups is 1. The second-order valence-corrected chi connectivity index (χ2v) is 5.18. The van der Waals surface area contributed by atoms with Gasteiger partial charge in [0.2, 0.25) is 12.0 Å². The second-order valence-electron chi connectivity index (χ2n) is 5.18. The Morgan fingerprint density at radius 3 is 2.36 bits per heavy atom. The third-order valence-corrected chi connectivity index (χ3v) is 3.64. The van der Waals surface area contributed by atoms with Crippen LogP contribution in [-0.4, -0.2) is 11.7 Å². The average molecular weight is 363 g/mol. The fourth-order valence-electron chi connectivity index (χ4n) is 2.50. The first-order valence-electron chi connectivity index (χ1n) is 6.70. The minimum atomic E-state index is -5.14. The maximum Gasteiger partial charge on any atom is 0.376 e. The molecule has 0 N–H and O–H groups in total. The van der Waals surface area contributed by atoms with Crippen molar-refractivity contribution in [2.45, 2.75) is 18.3 Å². The number of nitrogens with zero attached hydrogens (tertiary/aromatic N) is 1. The fourth-order valence-corrected chi connectivity index (χ4v) is 2.50. The van der Waals surface area contributed by atoms with Crippen LogP contribution < -0.4 is 9.47 Å². The molecule has 10 heteroatoms. The summed E-state index contributed by atoms with van der Waals surface area (Å²) in [6.07, 6.45) is -1.64. The smallest absolute Gasteiger partial charge is 0.376 e. The Bertz CT molecular complexity index is 868. The van der Waals surface area contributed by atoms with Crippen molar-refractivity contribution in [3.63, 3.8) is 0 Å². The first kappa shape index (κ1) is 17.1. The largest absolute Gasteiger partial charge is 0.619 e. The zero-order chi connectivity index (χ0) is 18.6. The molecule has 2 aromatic rings. The maximum absolute atomic E-state index is 13.7. The number of ketones is 1. The van der Waals surface area contributed by atoms with Crippen molar-refractivity contribution in [1.29, 1.82) is 0 Å². The molecule has 0 saturated heterocycles. The summed E-state index contributed by atoms with van der Waals surface area (Å²) in [6.45, 7) is 0. The number of benzene rings is 1. The van der Waals surface area contributed by atoms with E-state index >= 15 is 0 Å². The Labute approximate surface area is 135 Å². The van der Waals surface area contributed by atoms with E-state index in [4.69, 9.17) is 4.74 Å². The minimum absolute atomic E-state index is 0.247. The van der Waals surface area contributed by atoms with E-state index in [1.807, 2.05) is 0 Å². The molecule has 0 aliphatic heterocycles. The quantitative estimate of drug-likeness (QED) is 0.471. The van der Waals surface area contributed by atoms with Crippen LogP contribution in [0.4, 0.5) is 26.3 Å². The highest BCUT2D eigenvalue weighted by Gasteiger charge is 2.70. The summed E-state index contributed by atoms with van der Waals surface area (Å²) in [4.78, 5) is 11.6. The number of halogens is 6. The molecule has 1 aromatic heterocycles. The van der Waals surface area contributed by atoms with Crippen molar-refractivity contribution in [1.82, 2.24) is 0 Å². The summed E-state index contributed by atoms with van der Waals surface area (Å²) < 4.78 is 86.5. The van der Waals surface area contributed by atoms with Crippen LogP contribution in [0, 0.1) is 5.21 Å². The number of Topliss-reactive ketones (excluding diaryl/α,β-unsaturated/α-hetero) is 1. The molecule has 0 unspecified atom stereocenters. The lowest BCUT2D eigenvalue weighted by molar-refractivity contribution is -0.605. The van der Waals surface area contributed by atoms with Gasteiger partial charge in [0, 0.05) is 17.2 Å². The Balaban J connectivity index is 2.19. The number of alkyl halides is 6. The zero-order valence-corrected chi connectivity index (χ0v) is 12.0. The van der Waals surface area contributed by atoms with E-state index in [-0.39, 0.29) is 10.5 Å². The third kappa shape index (κ3) is 2.39. The van der Waals surface area contributed by atoms with Gasteiger partial charge in [-0.1, -0.05) is 0 Å². The van der Waals surface area contributed by atoms with Crippen LogP contribution in [0.2, 0.25) is 0 Å². The van der Waals surface area contributed by atoms with Crippen molar-refractivity contribution in [2.75, 3.05) is 0 Å². The summed E-state index contributed by atoms with van der Waals surface area (Å²) in [5.74, 6) is -13.5. The summed E-state index contributed by atoms with van der Waals surface area (Å²) in [5, 5.41) is 11.1. The van der Waals surface area contributed by atoms with Gasteiger partial charge in [-0.3, -0.25) is 4.79 Å². The van der Waals surface area contributed by atoms with Crippen LogP contribution >= 0.6 is 0 Å². The lowest BCUT2D eigenvalue weighted by atomic mass is 10.0. The highest BCUT2D eigenvalue weighted by atomic mass is 19.3. The molecular weight excluding hydrogens is 356 g/mol. The number of pyridine rings is 1. The van der Waals surface area contributed by atoms with Crippen LogP contribution in [0.1, 0.15) is 27.9 Å². The fraction of sp³-hybridized carbons (Fsp3) is 0.200. The molecule has 132 valence electrons. The van der Waals surface area contributed by atoms with Crippen LogP contribution in [0.25, 0.3) is 0 Å². The van der Waals surface area contributed by atoms with Crippen LogP contribution in [-0.2, 0) is 5.92 Å². The lowest BCUT2D eigenvalue weighted by Gasteiger charge is -2.17. The van der Waals surface area contributed by atoms with Crippen molar-refractivity contribution in [3.8, 4) is 11.5 Å². The van der Waals surface area contributed by atoms with Crippen LogP contribution in [0.15, 0.2) is 36.7 Å². The average Bonchev–Trinajstić information content (AvgIpc) is 2.65. The van der Waals surface area contributed by atoms with Gasteiger partial charge >= 0.3 is 11.8 Å². The first-order chi connectivity index (χ1) is 11.6. The number of carbonyl (C=O) groups excluding carboxylic acids is 1. The first-order valence-corrected chi connectivity index (χ1v) is 6.70. The molecule has 3 rings (SSSR count). The van der Waals surface area contributed by atoms with Gasteiger partial charge in [0.05, 0.1) is 5.56 Å². The summed E-state index contributed by atoms with van der Waals surface area (Å²) in [5.41, 5.74) is -4.33. The molecule has 1 aromatic carbocycles. The molecule has 0 radical (unpaired) electrons. The number of fused-ring (bicyclic) bond motifs is 1. The standard InChI is InChI=1S/C15H7F6NO3/c16-13(17)11-9(25-7-2-1-5-22(24)6-7)4-3-8-10(11)12(23)15(20,21)14(8,18)19/h1-6,13H. The van der Waals surface area contributed by atoms with Gasteiger partial charge in [0.25, 0.3) is 6.43 Å². The zero-order valence-electron chi connectivity index (χ0n) is 12.0. The Morgan fingerprint density at radius 2 is 1.76 bits per heavy atom. The van der Waals surface area contributed by atoms with E-state index < -0.39 is 46.5 Å². The molecule has 0 spiro atoms. The van der Waals surface area contributed by atoms with Gasteiger partial charge in [-0.25, -0.2) is 8.78 Å². The van der Waals surface area contributed by atoms with Gasteiger partial charge in [-0.2, -0.15) is 22.3 Å². The number of aromatic nitrogens is 1. The molecule has 4 nitrogen and oxygen atoms in total. The summed E-state index contributed by atoms with van der Waals surface area (Å²) in [6, 6.07) is 3.47. The monoisotopic (exact) mass is 363 g/mol. The van der Waals surface area contributed by atoms with E-state index in [1.54, 1.807) is 0 Å². The molecule has 0 bridgehead atoms. The summed E-state index contributed by atoms with van der Waals surface area (Å²) in [7, 11) is 0. The molecule has 25 heavy (non-hydrogen) atoms. The van der Waals surface area contributed by atoms with Gasteiger partial charge in [0.1, 0.15) is 5.75 Å². The summed E-state index contributed by atoms with van der Waals surface area (Å²) >= 11 is 0. The Hall–Kier alpha value is -2.78. The van der Waals surface area contributed by atoms with Crippen molar-refractivity contribution in [2.24, 2.45) is 0 Å². The number of rotatable bonds is 3. The Kier molecular flexibility index (Phi) is 3.66. The van der Waals surface area contributed by atoms with Gasteiger partial charge in [0.15, 0.2) is 11.9 Å². The van der Waals surface area contributed by atoms with Crippen molar-refractivity contribution < 1.29 is 40.6 Å². The van der Waals surface area contributed by atoms with Crippen LogP contribution in [0.5, 0.6) is 11.5 Å². The predicted octanol–water partition coefficient (Wildman–Crippen LogP) is 3.97. The van der Waals surface area contributed by atoms with Crippen LogP contribution in [0.3, 0.4) is 0 Å². The normalized spacial score (nSPS) is 17.6. The molecule has 0 atom stereocenters. The second kappa shape index (κ2) is 5.36. The van der Waals surface area contributed by atoms with E-state index in [0.29, 0.717) is 12.1 Å².